The van der Waals surface area contributed by atoms with E-state index in [-0.39, 0.29) is 0 Å². The highest BCUT2D eigenvalue weighted by Crippen LogP contribution is 2.21. The van der Waals surface area contributed by atoms with Crippen LogP contribution < -0.4 is 0 Å². The number of aryl methyl sites for hydroxylation is 8. The number of aromatic amines is 6. The molecule has 0 aliphatic carbocycles. The zero-order valence-corrected chi connectivity index (χ0v) is 39.5. The van der Waals surface area contributed by atoms with Crippen molar-refractivity contribution in [2.75, 3.05) is 0 Å². The number of nitrogens with zero attached hydrogens (tertiary/aromatic N) is 6. The Balaban J connectivity index is 0.000000105. The third-order valence-corrected chi connectivity index (χ3v) is 13.2. The minimum absolute atomic E-state index is 0.915. The number of fused-ring (bicyclic) bond motifs is 24. The molecule has 0 atom stereocenters. The summed E-state index contributed by atoms with van der Waals surface area (Å²) in [5.74, 6) is 0. The van der Waals surface area contributed by atoms with Gasteiger partial charge in [0.05, 0.1) is 22.8 Å². The van der Waals surface area contributed by atoms with Gasteiger partial charge in [0.15, 0.2) is 0 Å². The van der Waals surface area contributed by atoms with Gasteiger partial charge in [-0.05, 0) is 221 Å². The molecule has 12 nitrogen and oxygen atoms in total. The standard InChI is InChI=1S/2C20H18N4.C20H14N4/c3*1-2-14-10-16-5-6-18(23-16)12-20-8-7-19(24-20)11-17-4-3-15(22-17)9-13(1)21-14/h1-2,7-12,21,24H,3-6H2;1-4,9-12,21-22H,5-8H2;1-12,21-22H. The zero-order chi connectivity index (χ0) is 47.8. The van der Waals surface area contributed by atoms with E-state index in [1.165, 1.54) is 0 Å². The number of hydrogen-bond acceptors (Lipinski definition) is 6. The molecule has 9 aromatic heterocycles. The lowest BCUT2D eigenvalue weighted by atomic mass is 10.2. The van der Waals surface area contributed by atoms with Crippen LogP contribution in [-0.4, -0.2) is 59.8 Å². The maximum atomic E-state index is 4.77. The van der Waals surface area contributed by atoms with Gasteiger partial charge >= 0.3 is 0 Å². The topological polar surface area (TPSA) is 172 Å². The van der Waals surface area contributed by atoms with Crippen molar-refractivity contribution < 1.29 is 0 Å². The van der Waals surface area contributed by atoms with E-state index in [1.54, 1.807) is 0 Å². The van der Waals surface area contributed by atoms with Crippen molar-refractivity contribution in [1.29, 1.82) is 0 Å². The average Bonchev–Trinajstić information content (AvgIpc) is 4.18. The van der Waals surface area contributed by atoms with Crippen molar-refractivity contribution in [3.63, 3.8) is 0 Å². The molecule has 350 valence electrons. The lowest BCUT2D eigenvalue weighted by molar-refractivity contribution is 0.999. The fourth-order valence-corrected chi connectivity index (χ4v) is 9.82. The van der Waals surface area contributed by atoms with Gasteiger partial charge in [-0.25, -0.2) is 9.97 Å². The van der Waals surface area contributed by atoms with Gasteiger partial charge in [-0.3, -0.25) is 19.9 Å². The predicted molar refractivity (Wildman–Crippen MR) is 290 cm³/mol. The van der Waals surface area contributed by atoms with Crippen LogP contribution in [-0.2, 0) is 51.4 Å². The van der Waals surface area contributed by atoms with Crippen LogP contribution in [0.4, 0.5) is 0 Å². The molecule has 12 heteroatoms. The van der Waals surface area contributed by atoms with Gasteiger partial charge in [-0.2, -0.15) is 0 Å². The van der Waals surface area contributed by atoms with Crippen LogP contribution in [0.5, 0.6) is 0 Å². The Morgan fingerprint density at radius 1 is 0.194 bits per heavy atom. The Bertz CT molecular complexity index is 3810. The minimum atomic E-state index is 0.915. The van der Waals surface area contributed by atoms with Crippen molar-refractivity contribution in [2.24, 2.45) is 0 Å². The Morgan fingerprint density at radius 2 is 0.389 bits per heavy atom. The third-order valence-electron chi connectivity index (χ3n) is 13.2. The maximum absolute atomic E-state index is 4.77. The molecule has 72 heavy (non-hydrogen) atoms. The average molecular weight is 939 g/mol. The Labute approximate surface area is 413 Å². The van der Waals surface area contributed by atoms with E-state index in [1.807, 2.05) is 42.5 Å². The van der Waals surface area contributed by atoms with Crippen LogP contribution in [0, 0.1) is 0 Å². The van der Waals surface area contributed by atoms with Gasteiger partial charge in [0, 0.05) is 112 Å². The molecule has 9 aromatic rings. The van der Waals surface area contributed by atoms with Crippen LogP contribution >= 0.6 is 0 Å². The van der Waals surface area contributed by atoms with Crippen molar-refractivity contribution in [1.82, 2.24) is 59.8 Å². The molecule has 6 N–H and O–H groups in total. The minimum Gasteiger partial charge on any atom is -0.355 e. The van der Waals surface area contributed by atoms with E-state index in [4.69, 9.17) is 19.9 Å². The lowest BCUT2D eigenvalue weighted by Gasteiger charge is -1.86. The molecule has 0 unspecified atom stereocenters. The molecule has 0 aromatic carbocycles. The van der Waals surface area contributed by atoms with Crippen LogP contribution in [0.2, 0.25) is 0 Å². The molecule has 15 rings (SSSR count). The van der Waals surface area contributed by atoms with Crippen molar-refractivity contribution in [3.8, 4) is 0 Å². The highest BCUT2D eigenvalue weighted by molar-refractivity contribution is 5.78. The third kappa shape index (κ3) is 10.1. The van der Waals surface area contributed by atoms with Crippen molar-refractivity contribution in [2.45, 2.75) is 51.4 Å². The second-order valence-electron chi connectivity index (χ2n) is 18.9. The molecule has 6 aliphatic rings. The Kier molecular flexibility index (Phi) is 11.1. The predicted octanol–water partition coefficient (Wildman–Crippen LogP) is 12.4. The van der Waals surface area contributed by atoms with Crippen LogP contribution in [0.1, 0.15) is 68.3 Å². The first kappa shape index (κ1) is 42.9. The van der Waals surface area contributed by atoms with Gasteiger partial charge in [-0.1, -0.05) is 0 Å². The summed E-state index contributed by atoms with van der Waals surface area (Å²) in [5.41, 5.74) is 25.7. The SMILES string of the molecule is C1=Cc2cc3ccc(cc4ccc(cc5nc(cc1n2)C=C5)[nH]4)[nH]3.c1c2nc(cc3ccc(cc4ccc(cc5nc1CC5)[nH]4)[nH]3)CC2.c1cc2cc3nc(cc4ccc(cc5nc(cc1[nH]2)CC5)[nH]4)CC3. The summed E-state index contributed by atoms with van der Waals surface area (Å²) in [6.45, 7) is 0. The van der Waals surface area contributed by atoms with Crippen molar-refractivity contribution in [3.05, 3.63) is 214 Å². The number of aromatic nitrogens is 12. The monoisotopic (exact) mass is 938 g/mol. The van der Waals surface area contributed by atoms with E-state index in [0.717, 1.165) is 186 Å². The molecular formula is C60H50N12. The highest BCUT2D eigenvalue weighted by Gasteiger charge is 2.11. The summed E-state index contributed by atoms with van der Waals surface area (Å²) >= 11 is 0. The molecule has 0 saturated heterocycles. The summed E-state index contributed by atoms with van der Waals surface area (Å²) in [6, 6.07) is 50.4. The number of hydrogen-bond donors (Lipinski definition) is 6. The quantitative estimate of drug-likeness (QED) is 0.0883. The molecule has 0 saturated carbocycles. The summed E-state index contributed by atoms with van der Waals surface area (Å²) in [4.78, 5) is 48.8. The van der Waals surface area contributed by atoms with E-state index in [2.05, 4.69) is 167 Å². The first-order chi connectivity index (χ1) is 35.4. The van der Waals surface area contributed by atoms with Gasteiger partial charge in [0.2, 0.25) is 0 Å². The Morgan fingerprint density at radius 3 is 0.639 bits per heavy atom. The van der Waals surface area contributed by atoms with Gasteiger partial charge in [0.1, 0.15) is 0 Å². The molecule has 0 radical (unpaired) electrons. The normalized spacial score (nSPS) is 13.6. The molecule has 0 fully saturated rings. The largest absolute Gasteiger partial charge is 0.355 e. The van der Waals surface area contributed by atoms with Gasteiger partial charge < -0.3 is 29.9 Å². The van der Waals surface area contributed by atoms with Crippen LogP contribution in [0.3, 0.4) is 0 Å². The summed E-state index contributed by atoms with van der Waals surface area (Å²) in [7, 11) is 0. The fraction of sp³-hybridized carbons (Fsp3) is 0.133. The summed E-state index contributed by atoms with van der Waals surface area (Å²) in [6.07, 6.45) is 16.0. The smallest absolute Gasteiger partial charge is 0.0659 e. The van der Waals surface area contributed by atoms with E-state index in [9.17, 15) is 0 Å². The van der Waals surface area contributed by atoms with Gasteiger partial charge in [-0.15, -0.1) is 0 Å². The molecule has 0 amide bonds. The second-order valence-corrected chi connectivity index (χ2v) is 18.9. The maximum Gasteiger partial charge on any atom is 0.0659 e. The summed E-state index contributed by atoms with van der Waals surface area (Å²) < 4.78 is 0. The number of rotatable bonds is 0. The molecule has 6 aliphatic heterocycles. The first-order valence-corrected chi connectivity index (χ1v) is 24.7. The van der Waals surface area contributed by atoms with Crippen LogP contribution in [0.25, 0.3) is 90.5 Å². The van der Waals surface area contributed by atoms with E-state index < -0.39 is 0 Å². The second kappa shape index (κ2) is 18.6. The zero-order valence-electron chi connectivity index (χ0n) is 39.5. The molecule has 0 spiro atoms. The van der Waals surface area contributed by atoms with Crippen molar-refractivity contribution >= 4 is 90.5 Å². The lowest BCUT2D eigenvalue weighted by Crippen LogP contribution is -1.82. The van der Waals surface area contributed by atoms with E-state index >= 15 is 0 Å². The highest BCUT2D eigenvalue weighted by atomic mass is 14.8. The summed E-state index contributed by atoms with van der Waals surface area (Å²) in [5, 5.41) is 0. The number of H-pyrrole nitrogens is 6. The number of nitrogens with one attached hydrogen (secondary N) is 6. The molecular weight excluding hydrogens is 889 g/mol. The first-order valence-electron chi connectivity index (χ1n) is 24.7. The van der Waals surface area contributed by atoms with Gasteiger partial charge in [0.25, 0.3) is 0 Å². The molecule has 15 heterocycles. The molecule has 24 bridgehead atoms. The van der Waals surface area contributed by atoms with Crippen LogP contribution in [0.15, 0.2) is 146 Å². The van der Waals surface area contributed by atoms with E-state index in [0.29, 0.717) is 0 Å². The fourth-order valence-electron chi connectivity index (χ4n) is 9.82. The Hall–Kier alpha value is -9.16.